The van der Waals surface area contributed by atoms with Crippen molar-refractivity contribution in [2.45, 2.75) is 120 Å². The number of carbonyl (C=O) groups is 2. The average molecular weight is 541 g/mol. The van der Waals surface area contributed by atoms with Gasteiger partial charge in [-0.25, -0.2) is 4.79 Å². The third-order valence-corrected chi connectivity index (χ3v) is 11.2. The summed E-state index contributed by atoms with van der Waals surface area (Å²) in [6.45, 7) is 6.37. The van der Waals surface area contributed by atoms with Gasteiger partial charge in [-0.3, -0.25) is 4.79 Å². The summed E-state index contributed by atoms with van der Waals surface area (Å²) >= 11 is 0. The molecule has 0 aliphatic heterocycles. The van der Waals surface area contributed by atoms with Gasteiger partial charge in [0.15, 0.2) is 11.4 Å². The van der Waals surface area contributed by atoms with E-state index in [1.54, 1.807) is 6.92 Å². The van der Waals surface area contributed by atoms with Crippen molar-refractivity contribution in [1.82, 2.24) is 0 Å². The Hall–Kier alpha value is -1.40. The summed E-state index contributed by atoms with van der Waals surface area (Å²) in [5.41, 5.74) is -8.42. The van der Waals surface area contributed by atoms with E-state index in [4.69, 9.17) is 0 Å². The minimum atomic E-state index is -1.86. The third kappa shape index (κ3) is 3.86. The molecule has 0 saturated heterocycles. The molecule has 11 atom stereocenters. The van der Waals surface area contributed by atoms with Crippen LogP contribution in [0.2, 0.25) is 0 Å². The van der Waals surface area contributed by atoms with Crippen LogP contribution in [-0.2, 0) is 14.3 Å². The summed E-state index contributed by atoms with van der Waals surface area (Å²) < 4.78 is 4.61. The van der Waals surface area contributed by atoms with Crippen LogP contribution in [0.1, 0.15) is 79.1 Å². The van der Waals surface area contributed by atoms with Crippen LogP contribution < -0.4 is 0 Å². The minimum Gasteiger partial charge on any atom is -0.467 e. The third-order valence-electron chi connectivity index (χ3n) is 11.2. The molecular weight excluding hydrogens is 496 g/mol. The fraction of sp³-hybridized carbons (Fsp3) is 0.857. The van der Waals surface area contributed by atoms with E-state index in [1.807, 2.05) is 6.92 Å². The van der Waals surface area contributed by atoms with Gasteiger partial charge in [-0.15, -0.1) is 0 Å². The molecule has 0 radical (unpaired) electrons. The molecule has 10 heteroatoms. The number of fused-ring (bicyclic) bond motifs is 5. The second-order valence-electron chi connectivity index (χ2n) is 13.3. The quantitative estimate of drug-likeness (QED) is 0.228. The van der Waals surface area contributed by atoms with Gasteiger partial charge in [0.05, 0.1) is 36.6 Å². The molecule has 0 heterocycles. The largest absolute Gasteiger partial charge is 0.467 e. The molecular formula is C28H44O10. The Labute approximate surface area is 223 Å². The summed E-state index contributed by atoms with van der Waals surface area (Å²) in [6.07, 6.45) is -1.36. The van der Waals surface area contributed by atoms with Crippen LogP contribution in [0, 0.1) is 22.7 Å². The molecule has 0 aromatic heterocycles. The van der Waals surface area contributed by atoms with Crippen LogP contribution >= 0.6 is 0 Å². The number of aliphatic hydroxyl groups is 7. The van der Waals surface area contributed by atoms with Crippen LogP contribution in [0.25, 0.3) is 0 Å². The molecule has 216 valence electrons. The van der Waals surface area contributed by atoms with Gasteiger partial charge in [0.1, 0.15) is 5.60 Å². The Bertz CT molecular complexity index is 1020. The van der Waals surface area contributed by atoms with Crippen LogP contribution in [0.4, 0.5) is 0 Å². The van der Waals surface area contributed by atoms with Gasteiger partial charge in [-0.05, 0) is 82.3 Å². The highest BCUT2D eigenvalue weighted by Gasteiger charge is 2.71. The number of methoxy groups -OCH3 is 1. The van der Waals surface area contributed by atoms with Crippen LogP contribution in [0.15, 0.2) is 11.6 Å². The predicted octanol–water partition coefficient (Wildman–Crippen LogP) is 0.122. The summed E-state index contributed by atoms with van der Waals surface area (Å²) in [4.78, 5) is 25.2. The molecule has 0 spiro atoms. The highest BCUT2D eigenvalue weighted by Crippen LogP contribution is 2.69. The highest BCUT2D eigenvalue weighted by atomic mass is 16.5. The van der Waals surface area contributed by atoms with E-state index in [9.17, 15) is 45.3 Å². The number of ketones is 1. The topological polar surface area (TPSA) is 185 Å². The van der Waals surface area contributed by atoms with Crippen molar-refractivity contribution >= 4 is 11.8 Å². The van der Waals surface area contributed by atoms with E-state index in [-0.39, 0.29) is 32.1 Å². The first kappa shape index (κ1) is 29.6. The van der Waals surface area contributed by atoms with E-state index in [0.29, 0.717) is 24.8 Å². The van der Waals surface area contributed by atoms with Crippen molar-refractivity contribution in [2.24, 2.45) is 22.7 Å². The van der Waals surface area contributed by atoms with Crippen LogP contribution in [-0.4, -0.2) is 95.3 Å². The van der Waals surface area contributed by atoms with Crippen LogP contribution in [0.3, 0.4) is 0 Å². The molecule has 4 rings (SSSR count). The molecule has 0 aromatic carbocycles. The number of hydrogen-bond acceptors (Lipinski definition) is 10. The van der Waals surface area contributed by atoms with Crippen molar-refractivity contribution in [3.8, 4) is 0 Å². The van der Waals surface area contributed by atoms with Crippen molar-refractivity contribution in [3.63, 3.8) is 0 Å². The number of hydrogen-bond donors (Lipinski definition) is 7. The van der Waals surface area contributed by atoms with E-state index >= 15 is 0 Å². The molecule has 0 bridgehead atoms. The molecule has 0 unspecified atom stereocenters. The lowest BCUT2D eigenvalue weighted by Gasteiger charge is -2.62. The summed E-state index contributed by atoms with van der Waals surface area (Å²) in [5, 5.41) is 77.5. The van der Waals surface area contributed by atoms with E-state index in [2.05, 4.69) is 4.74 Å². The lowest BCUT2D eigenvalue weighted by molar-refractivity contribution is -0.211. The van der Waals surface area contributed by atoms with E-state index in [1.165, 1.54) is 19.9 Å². The van der Waals surface area contributed by atoms with Gasteiger partial charge in [0, 0.05) is 17.3 Å². The maximum Gasteiger partial charge on any atom is 0.337 e. The average Bonchev–Trinajstić information content (AvgIpc) is 3.12. The number of carbonyl (C=O) groups excluding carboxylic acids is 2. The number of rotatable bonds is 6. The predicted molar refractivity (Wildman–Crippen MR) is 134 cm³/mol. The Balaban J connectivity index is 1.64. The SMILES string of the molecule is COC(=O)[C@](C)(O)CC[C@@H](O)[C@](C)(O)[C@H]1CC[C@@]2(O)C3=CC(=O)[C@]4(O)C[C@@H](O)[C@@H](O)C[C@]4(C)[C@H]3CC[C@]12C. The zero-order valence-corrected chi connectivity index (χ0v) is 23.0. The number of esters is 1. The van der Waals surface area contributed by atoms with Gasteiger partial charge in [-0.1, -0.05) is 13.8 Å². The Morgan fingerprint density at radius 1 is 1.05 bits per heavy atom. The highest BCUT2D eigenvalue weighted by molar-refractivity contribution is 6.00. The van der Waals surface area contributed by atoms with Gasteiger partial charge in [0.2, 0.25) is 0 Å². The summed E-state index contributed by atoms with van der Waals surface area (Å²) in [6, 6.07) is 0. The lowest BCUT2D eigenvalue weighted by atomic mass is 9.44. The van der Waals surface area contributed by atoms with Gasteiger partial charge in [0.25, 0.3) is 0 Å². The Kier molecular flexibility index (Phi) is 7.05. The molecule has 10 nitrogen and oxygen atoms in total. The molecule has 0 amide bonds. The molecule has 4 aliphatic rings. The fourth-order valence-electron chi connectivity index (χ4n) is 8.56. The van der Waals surface area contributed by atoms with Crippen LogP contribution in [0.5, 0.6) is 0 Å². The summed E-state index contributed by atoms with van der Waals surface area (Å²) in [5.74, 6) is -2.45. The number of ether oxygens (including phenoxy) is 1. The van der Waals surface area contributed by atoms with Gasteiger partial charge < -0.3 is 40.5 Å². The monoisotopic (exact) mass is 540 g/mol. The van der Waals surface area contributed by atoms with Crippen molar-refractivity contribution < 1.29 is 50.1 Å². The first-order valence-corrected chi connectivity index (χ1v) is 13.6. The molecule has 7 N–H and O–H groups in total. The standard InChI is InChI=1S/C28H44O10/c1-23-9-6-15-16(12-21(32)28(37)14-18(30)17(29)13-24(15,28)2)27(23,36)11-7-19(23)26(4,35)20(31)8-10-25(3,34)22(33)38-5/h12,15,17-20,29-31,34-37H,6-11,13-14H2,1-5H3/t15-,17-,18+,19-,20+,23+,24+,25+,26+,27+,28+/m0/s1. The maximum absolute atomic E-state index is 13.4. The van der Waals surface area contributed by atoms with Gasteiger partial charge in [-0.2, -0.15) is 0 Å². The Morgan fingerprint density at radius 2 is 1.66 bits per heavy atom. The fourth-order valence-corrected chi connectivity index (χ4v) is 8.56. The second-order valence-corrected chi connectivity index (χ2v) is 13.3. The first-order chi connectivity index (χ1) is 17.3. The zero-order valence-electron chi connectivity index (χ0n) is 23.0. The summed E-state index contributed by atoms with van der Waals surface area (Å²) in [7, 11) is 1.15. The van der Waals surface area contributed by atoms with Crippen molar-refractivity contribution in [3.05, 3.63) is 11.6 Å². The Morgan fingerprint density at radius 3 is 2.26 bits per heavy atom. The smallest absolute Gasteiger partial charge is 0.337 e. The lowest BCUT2D eigenvalue weighted by Crippen LogP contribution is -2.69. The van der Waals surface area contributed by atoms with E-state index < -0.39 is 75.1 Å². The molecule has 3 fully saturated rings. The van der Waals surface area contributed by atoms with Crippen molar-refractivity contribution in [2.75, 3.05) is 7.11 Å². The molecule has 3 saturated carbocycles. The first-order valence-electron chi connectivity index (χ1n) is 13.6. The minimum absolute atomic E-state index is 0.00515. The number of aliphatic hydroxyl groups excluding tert-OH is 3. The molecule has 0 aromatic rings. The maximum atomic E-state index is 13.4. The zero-order chi connectivity index (χ0) is 28.7. The molecule has 38 heavy (non-hydrogen) atoms. The van der Waals surface area contributed by atoms with E-state index in [0.717, 1.165) is 7.11 Å². The van der Waals surface area contributed by atoms with Crippen molar-refractivity contribution in [1.29, 1.82) is 0 Å². The van der Waals surface area contributed by atoms with Gasteiger partial charge >= 0.3 is 5.97 Å². The molecule has 4 aliphatic carbocycles. The second kappa shape index (κ2) is 9.06. The normalized spacial score (nSPS) is 46.5.